The molecule has 2 atom stereocenters. The quantitative estimate of drug-likeness (QED) is 0.577. The Morgan fingerprint density at radius 3 is 2.55 bits per heavy atom. The molecular weight excluding hydrogens is 388 g/mol. The number of hydrogen-bond donors (Lipinski definition) is 1. The fourth-order valence-electron chi connectivity index (χ4n) is 3.94. The maximum Gasteiger partial charge on any atom is 0.220 e. The molecule has 0 radical (unpaired) electrons. The molecule has 1 aliphatic rings. The summed E-state index contributed by atoms with van der Waals surface area (Å²) in [6.45, 7) is 7.68. The van der Waals surface area contributed by atoms with Crippen molar-refractivity contribution in [2.45, 2.75) is 32.6 Å². The number of aryl methyl sites for hydroxylation is 2. The molecule has 1 heterocycles. The minimum atomic E-state index is -0.806. The number of amides is 1. The zero-order chi connectivity index (χ0) is 21.1. The third-order valence-electron chi connectivity index (χ3n) is 5.24. The van der Waals surface area contributed by atoms with E-state index in [9.17, 15) is 14.4 Å². The second kappa shape index (κ2) is 8.70. The molecule has 1 amide bonds. The Morgan fingerprint density at radius 2 is 1.97 bits per heavy atom. The van der Waals surface area contributed by atoms with E-state index in [0.717, 1.165) is 27.9 Å². The number of nitrogens with zero attached hydrogens (tertiary/aromatic N) is 1. The van der Waals surface area contributed by atoms with Gasteiger partial charge in [0.05, 0.1) is 10.7 Å². The van der Waals surface area contributed by atoms with E-state index in [2.05, 4.69) is 16.9 Å². The molecule has 2 aromatic rings. The molecule has 1 N–H and O–H groups in total. The summed E-state index contributed by atoms with van der Waals surface area (Å²) in [6.07, 6.45) is 3.29. The number of carbonyl (C=O) groups is 3. The summed E-state index contributed by atoms with van der Waals surface area (Å²) in [5, 5.41) is 3.22. The standard InChI is InChI=1S/C23H23ClN2O3/c1-4-7-25-20(28)11-16-10-19(27)22(23(16)29)21-13(2)8-15(9-14(21)3)18-6-5-17(24)12-26-18/h4-6,8-9,12,16,22H,1,7,10-11H2,2-3H3,(H,25,28). The summed E-state index contributed by atoms with van der Waals surface area (Å²) in [6, 6.07) is 7.47. The Kier molecular flexibility index (Phi) is 6.28. The Hall–Kier alpha value is -2.79. The average molecular weight is 411 g/mol. The fraction of sp³-hybridized carbons (Fsp3) is 0.304. The van der Waals surface area contributed by atoms with Crippen LogP contribution in [0.15, 0.2) is 43.1 Å². The lowest BCUT2D eigenvalue weighted by molar-refractivity contribution is -0.128. The van der Waals surface area contributed by atoms with Gasteiger partial charge in [0.25, 0.3) is 0 Å². The van der Waals surface area contributed by atoms with E-state index in [0.29, 0.717) is 11.6 Å². The smallest absolute Gasteiger partial charge is 0.220 e. The number of ketones is 2. The first kappa shape index (κ1) is 20.9. The van der Waals surface area contributed by atoms with Crippen molar-refractivity contribution in [3.63, 3.8) is 0 Å². The van der Waals surface area contributed by atoms with Crippen LogP contribution in [0.5, 0.6) is 0 Å². The molecule has 150 valence electrons. The lowest BCUT2D eigenvalue weighted by atomic mass is 9.85. The number of carbonyl (C=O) groups excluding carboxylic acids is 3. The van der Waals surface area contributed by atoms with Crippen molar-refractivity contribution in [1.82, 2.24) is 10.3 Å². The minimum absolute atomic E-state index is 0.0276. The Bertz CT molecular complexity index is 959. The van der Waals surface area contributed by atoms with Crippen LogP contribution in [0.3, 0.4) is 0 Å². The third kappa shape index (κ3) is 4.46. The maximum atomic E-state index is 13.0. The number of halogens is 1. The number of hydrogen-bond acceptors (Lipinski definition) is 4. The summed E-state index contributed by atoms with van der Waals surface area (Å²) in [5.74, 6) is -1.92. The van der Waals surface area contributed by atoms with Gasteiger partial charge in [-0.3, -0.25) is 19.4 Å². The Labute approximate surface area is 175 Å². The lowest BCUT2D eigenvalue weighted by Crippen LogP contribution is -2.27. The highest BCUT2D eigenvalue weighted by Crippen LogP contribution is 2.38. The monoisotopic (exact) mass is 410 g/mol. The second-order valence-corrected chi connectivity index (χ2v) is 7.82. The van der Waals surface area contributed by atoms with E-state index in [4.69, 9.17) is 11.6 Å². The highest BCUT2D eigenvalue weighted by Gasteiger charge is 2.43. The van der Waals surface area contributed by atoms with Gasteiger partial charge in [0.1, 0.15) is 11.7 Å². The average Bonchev–Trinajstić information content (AvgIpc) is 2.94. The first-order valence-corrected chi connectivity index (χ1v) is 9.86. The van der Waals surface area contributed by atoms with Crippen molar-refractivity contribution in [3.8, 4) is 11.3 Å². The molecule has 0 aliphatic heterocycles. The van der Waals surface area contributed by atoms with Gasteiger partial charge in [-0.2, -0.15) is 0 Å². The van der Waals surface area contributed by atoms with Gasteiger partial charge < -0.3 is 5.32 Å². The molecule has 2 unspecified atom stereocenters. The molecule has 3 rings (SSSR count). The van der Waals surface area contributed by atoms with Crippen LogP contribution in [0.25, 0.3) is 11.3 Å². The first-order chi connectivity index (χ1) is 13.8. The Morgan fingerprint density at radius 1 is 1.28 bits per heavy atom. The second-order valence-electron chi connectivity index (χ2n) is 7.38. The molecule has 6 heteroatoms. The zero-order valence-corrected chi connectivity index (χ0v) is 17.3. The Balaban J connectivity index is 1.87. The van der Waals surface area contributed by atoms with Crippen LogP contribution in [-0.4, -0.2) is 29.0 Å². The molecular formula is C23H23ClN2O3. The van der Waals surface area contributed by atoms with Crippen molar-refractivity contribution in [2.24, 2.45) is 5.92 Å². The van der Waals surface area contributed by atoms with Crippen LogP contribution in [-0.2, 0) is 14.4 Å². The van der Waals surface area contributed by atoms with Crippen molar-refractivity contribution in [1.29, 1.82) is 0 Å². The van der Waals surface area contributed by atoms with Crippen molar-refractivity contribution < 1.29 is 14.4 Å². The number of Topliss-reactive ketones (excluding diaryl/α,β-unsaturated/α-hetero) is 2. The van der Waals surface area contributed by atoms with E-state index in [1.807, 2.05) is 32.0 Å². The number of rotatable bonds is 6. The van der Waals surface area contributed by atoms with Gasteiger partial charge >= 0.3 is 0 Å². The van der Waals surface area contributed by atoms with Crippen LogP contribution in [0.1, 0.15) is 35.4 Å². The van der Waals surface area contributed by atoms with Crippen molar-refractivity contribution in [3.05, 3.63) is 64.8 Å². The van der Waals surface area contributed by atoms with E-state index < -0.39 is 11.8 Å². The molecule has 1 aliphatic carbocycles. The van der Waals surface area contributed by atoms with Crippen molar-refractivity contribution >= 4 is 29.1 Å². The van der Waals surface area contributed by atoms with Crippen LogP contribution in [0.4, 0.5) is 0 Å². The number of pyridine rings is 1. The molecule has 1 aromatic heterocycles. The summed E-state index contributed by atoms with van der Waals surface area (Å²) < 4.78 is 0. The number of benzene rings is 1. The molecule has 0 bridgehead atoms. The van der Waals surface area contributed by atoms with E-state index in [1.165, 1.54) is 0 Å². The lowest BCUT2D eigenvalue weighted by Gasteiger charge is -2.17. The van der Waals surface area contributed by atoms with E-state index in [1.54, 1.807) is 18.3 Å². The van der Waals surface area contributed by atoms with Crippen LogP contribution >= 0.6 is 11.6 Å². The van der Waals surface area contributed by atoms with Gasteiger partial charge in [0.15, 0.2) is 5.78 Å². The predicted molar refractivity (Wildman–Crippen MR) is 113 cm³/mol. The van der Waals surface area contributed by atoms with Gasteiger partial charge in [0.2, 0.25) is 5.91 Å². The SMILES string of the molecule is C=CCNC(=O)CC1CC(=O)C(c2c(C)cc(-c3ccc(Cl)cn3)cc2C)C1=O. The van der Waals surface area contributed by atoms with Gasteiger partial charge in [-0.05, 0) is 54.8 Å². The molecule has 29 heavy (non-hydrogen) atoms. The van der Waals surface area contributed by atoms with Crippen LogP contribution < -0.4 is 5.32 Å². The molecule has 1 fully saturated rings. The predicted octanol–water partition coefficient (Wildman–Crippen LogP) is 3.95. The fourth-order valence-corrected chi connectivity index (χ4v) is 4.05. The highest BCUT2D eigenvalue weighted by atomic mass is 35.5. The van der Waals surface area contributed by atoms with E-state index >= 15 is 0 Å². The summed E-state index contributed by atoms with van der Waals surface area (Å²) in [5.41, 5.74) is 4.14. The van der Waals surface area contributed by atoms with Crippen LogP contribution in [0.2, 0.25) is 5.02 Å². The molecule has 0 spiro atoms. The minimum Gasteiger partial charge on any atom is -0.353 e. The van der Waals surface area contributed by atoms with Gasteiger partial charge in [-0.1, -0.05) is 17.7 Å². The molecule has 5 nitrogen and oxygen atoms in total. The number of aromatic nitrogens is 1. The summed E-state index contributed by atoms with van der Waals surface area (Å²) >= 11 is 5.91. The van der Waals surface area contributed by atoms with Gasteiger partial charge in [-0.25, -0.2) is 0 Å². The maximum absolute atomic E-state index is 13.0. The number of nitrogens with one attached hydrogen (secondary N) is 1. The highest BCUT2D eigenvalue weighted by molar-refractivity contribution is 6.30. The molecule has 1 aromatic carbocycles. The first-order valence-electron chi connectivity index (χ1n) is 9.49. The van der Waals surface area contributed by atoms with E-state index in [-0.39, 0.29) is 30.3 Å². The topological polar surface area (TPSA) is 76.1 Å². The summed E-state index contributed by atoms with van der Waals surface area (Å²) in [7, 11) is 0. The van der Waals surface area contributed by atoms with Crippen molar-refractivity contribution in [2.75, 3.05) is 6.54 Å². The normalized spacial score (nSPS) is 18.7. The molecule has 0 saturated heterocycles. The molecule has 1 saturated carbocycles. The van der Waals surface area contributed by atoms with Gasteiger partial charge in [-0.15, -0.1) is 6.58 Å². The largest absolute Gasteiger partial charge is 0.353 e. The third-order valence-corrected chi connectivity index (χ3v) is 5.46. The van der Waals surface area contributed by atoms with Gasteiger partial charge in [0, 0.05) is 37.1 Å². The zero-order valence-electron chi connectivity index (χ0n) is 16.5. The summed E-state index contributed by atoms with van der Waals surface area (Å²) in [4.78, 5) is 42.0. The van der Waals surface area contributed by atoms with Crippen LogP contribution in [0, 0.1) is 19.8 Å².